The second kappa shape index (κ2) is 3.43. The second-order valence-electron chi connectivity index (χ2n) is 3.72. The van der Waals surface area contributed by atoms with Crippen molar-refractivity contribution in [2.75, 3.05) is 6.54 Å². The van der Waals surface area contributed by atoms with Crippen molar-refractivity contribution in [1.82, 2.24) is 0 Å². The number of primary sulfonamides is 1. The quantitative estimate of drug-likeness (QED) is 0.690. The average molecular weight is 224 g/mol. The van der Waals surface area contributed by atoms with Gasteiger partial charge in [-0.2, -0.15) is 0 Å². The van der Waals surface area contributed by atoms with E-state index in [0.717, 1.165) is 5.22 Å². The van der Waals surface area contributed by atoms with E-state index in [0.29, 0.717) is 17.8 Å². The zero-order valence-electron chi connectivity index (χ0n) is 8.34. The number of fused-ring (bicyclic) bond motifs is 1. The van der Waals surface area contributed by atoms with Gasteiger partial charge in [0, 0.05) is 6.54 Å². The maximum Gasteiger partial charge on any atom is 0.240 e. The highest BCUT2D eigenvalue weighted by molar-refractivity contribution is 7.89. The highest BCUT2D eigenvalue weighted by Gasteiger charge is 2.13. The van der Waals surface area contributed by atoms with Crippen LogP contribution in [-0.2, 0) is 10.0 Å². The molecule has 0 aromatic heterocycles. The molecule has 0 radical (unpaired) electrons. The zero-order chi connectivity index (χ0) is 11.1. The number of nitrogens with two attached hydrogens (primary N) is 1. The summed E-state index contributed by atoms with van der Waals surface area (Å²) < 4.78 is 22.6. The lowest BCUT2D eigenvalue weighted by molar-refractivity contribution is 0.595. The first-order chi connectivity index (χ1) is 6.98. The minimum absolute atomic E-state index is 0.114. The Morgan fingerprint density at radius 2 is 2.20 bits per heavy atom. The summed E-state index contributed by atoms with van der Waals surface area (Å²) in [6.07, 6.45) is 2.01. The Morgan fingerprint density at radius 3 is 2.87 bits per heavy atom. The van der Waals surface area contributed by atoms with Gasteiger partial charge in [0.05, 0.1) is 5.36 Å². The van der Waals surface area contributed by atoms with Crippen LogP contribution in [0.5, 0.6) is 0 Å². The van der Waals surface area contributed by atoms with Crippen LogP contribution in [0.1, 0.15) is 6.92 Å². The normalized spacial score (nSPS) is 20.0. The van der Waals surface area contributed by atoms with Crippen LogP contribution in [0, 0.1) is 5.92 Å². The van der Waals surface area contributed by atoms with Gasteiger partial charge in [0.25, 0.3) is 0 Å². The van der Waals surface area contributed by atoms with Crippen LogP contribution in [0.2, 0.25) is 0 Å². The minimum Gasteiger partial charge on any atom is -0.283 e. The van der Waals surface area contributed by atoms with Gasteiger partial charge in [0.2, 0.25) is 10.0 Å². The SMILES string of the molecule is C[C@@H]1C=c2cccc(S(N)(=O)=O)c2=NC1. The van der Waals surface area contributed by atoms with Crippen molar-refractivity contribution in [3.63, 3.8) is 0 Å². The number of sulfonamides is 1. The molecule has 1 atom stereocenters. The molecular formula is C10H12N2O2S. The zero-order valence-corrected chi connectivity index (χ0v) is 9.16. The molecule has 0 bridgehead atoms. The lowest BCUT2D eigenvalue weighted by Crippen LogP contribution is -2.36. The molecule has 80 valence electrons. The van der Waals surface area contributed by atoms with E-state index in [4.69, 9.17) is 5.14 Å². The van der Waals surface area contributed by atoms with Crippen molar-refractivity contribution in [2.45, 2.75) is 11.8 Å². The van der Waals surface area contributed by atoms with Crippen molar-refractivity contribution in [2.24, 2.45) is 16.0 Å². The Kier molecular flexibility index (Phi) is 2.36. The maximum absolute atomic E-state index is 11.3. The minimum atomic E-state index is -3.68. The van der Waals surface area contributed by atoms with Gasteiger partial charge in [0.1, 0.15) is 4.90 Å². The number of nitrogens with zero attached hydrogens (tertiary/aromatic N) is 1. The molecule has 0 aliphatic carbocycles. The van der Waals surface area contributed by atoms with Gasteiger partial charge in [-0.05, 0) is 17.2 Å². The van der Waals surface area contributed by atoms with Gasteiger partial charge in [0.15, 0.2) is 0 Å². The summed E-state index contributed by atoms with van der Waals surface area (Å²) >= 11 is 0. The molecule has 1 aliphatic heterocycles. The van der Waals surface area contributed by atoms with Crippen LogP contribution >= 0.6 is 0 Å². The van der Waals surface area contributed by atoms with Crippen LogP contribution < -0.4 is 15.7 Å². The summed E-state index contributed by atoms with van der Waals surface area (Å²) in [4.78, 5) is 4.36. The lowest BCUT2D eigenvalue weighted by atomic mass is 10.1. The van der Waals surface area contributed by atoms with Crippen molar-refractivity contribution in [3.8, 4) is 0 Å². The van der Waals surface area contributed by atoms with Crippen molar-refractivity contribution in [1.29, 1.82) is 0 Å². The molecule has 1 aliphatic rings. The van der Waals surface area contributed by atoms with E-state index in [1.54, 1.807) is 6.07 Å². The third-order valence-corrected chi connectivity index (χ3v) is 3.28. The van der Waals surface area contributed by atoms with Crippen LogP contribution in [-0.4, -0.2) is 15.0 Å². The monoisotopic (exact) mass is 224 g/mol. The summed E-state index contributed by atoms with van der Waals surface area (Å²) in [5.41, 5.74) is 0. The summed E-state index contributed by atoms with van der Waals surface area (Å²) in [5.74, 6) is 0.341. The van der Waals surface area contributed by atoms with Gasteiger partial charge in [-0.15, -0.1) is 0 Å². The van der Waals surface area contributed by atoms with Gasteiger partial charge < -0.3 is 0 Å². The van der Waals surface area contributed by atoms with E-state index in [1.807, 2.05) is 19.1 Å². The van der Waals surface area contributed by atoms with Crippen LogP contribution in [0.4, 0.5) is 0 Å². The number of rotatable bonds is 1. The van der Waals surface area contributed by atoms with Crippen LogP contribution in [0.15, 0.2) is 28.1 Å². The molecule has 0 unspecified atom stereocenters. The molecule has 15 heavy (non-hydrogen) atoms. The maximum atomic E-state index is 11.3. The van der Waals surface area contributed by atoms with Crippen molar-refractivity contribution >= 4 is 16.1 Å². The van der Waals surface area contributed by atoms with Gasteiger partial charge >= 0.3 is 0 Å². The molecule has 0 amide bonds. The van der Waals surface area contributed by atoms with E-state index in [1.165, 1.54) is 6.07 Å². The molecule has 1 heterocycles. The average Bonchev–Trinajstić information content (AvgIpc) is 2.15. The topological polar surface area (TPSA) is 72.5 Å². The van der Waals surface area contributed by atoms with E-state index in [9.17, 15) is 8.42 Å². The Labute approximate surface area is 88.2 Å². The molecule has 1 aromatic carbocycles. The molecule has 2 N–H and O–H groups in total. The molecule has 0 saturated carbocycles. The highest BCUT2D eigenvalue weighted by Crippen LogP contribution is 2.02. The molecule has 0 fully saturated rings. The first-order valence-corrected chi connectivity index (χ1v) is 6.21. The molecule has 5 heteroatoms. The number of benzene rings is 1. The Bertz CT molecular complexity index is 605. The van der Waals surface area contributed by atoms with Gasteiger partial charge in [-0.1, -0.05) is 25.1 Å². The standard InChI is InChI=1S/C10H12N2O2S/c1-7-5-8-3-2-4-9(15(11,13)14)10(8)12-6-7/h2-5,7H,6H2,1H3,(H2,11,13,14)/t7-/m1/s1. The lowest BCUT2D eigenvalue weighted by Gasteiger charge is -2.09. The summed E-state index contributed by atoms with van der Waals surface area (Å²) in [5, 5.41) is 6.46. The predicted molar refractivity (Wildman–Crippen MR) is 57.1 cm³/mol. The summed E-state index contributed by atoms with van der Waals surface area (Å²) in [6.45, 7) is 2.65. The van der Waals surface area contributed by atoms with Crippen molar-refractivity contribution < 1.29 is 8.42 Å². The Hall–Kier alpha value is -1.20. The first-order valence-electron chi connectivity index (χ1n) is 4.66. The molecule has 2 rings (SSSR count). The highest BCUT2D eigenvalue weighted by atomic mass is 32.2. The van der Waals surface area contributed by atoms with E-state index >= 15 is 0 Å². The predicted octanol–water partition coefficient (Wildman–Crippen LogP) is -0.616. The molecule has 0 saturated heterocycles. The van der Waals surface area contributed by atoms with E-state index in [-0.39, 0.29) is 4.90 Å². The first kappa shape index (κ1) is 10.3. The largest absolute Gasteiger partial charge is 0.283 e. The Balaban J connectivity index is 2.85. The fraction of sp³-hybridized carbons (Fsp3) is 0.300. The molecule has 0 spiro atoms. The third kappa shape index (κ3) is 1.93. The third-order valence-electron chi connectivity index (χ3n) is 2.34. The van der Waals surface area contributed by atoms with Gasteiger partial charge in [-0.3, -0.25) is 4.99 Å². The summed E-state index contributed by atoms with van der Waals surface area (Å²) in [7, 11) is -3.68. The molecular weight excluding hydrogens is 212 g/mol. The number of para-hydroxylation sites is 1. The van der Waals surface area contributed by atoms with Crippen molar-refractivity contribution in [3.05, 3.63) is 28.8 Å². The smallest absolute Gasteiger partial charge is 0.240 e. The molecule has 4 nitrogen and oxygen atoms in total. The fourth-order valence-corrected chi connectivity index (χ4v) is 2.39. The van der Waals surface area contributed by atoms with Crippen LogP contribution in [0.3, 0.4) is 0 Å². The number of hydrogen-bond donors (Lipinski definition) is 1. The van der Waals surface area contributed by atoms with Crippen LogP contribution in [0.25, 0.3) is 6.08 Å². The molecule has 1 aromatic rings. The number of hydrogen-bond acceptors (Lipinski definition) is 3. The summed E-state index contributed by atoms with van der Waals surface area (Å²) in [6, 6.07) is 5.02. The van der Waals surface area contributed by atoms with Gasteiger partial charge in [-0.25, -0.2) is 13.6 Å². The Morgan fingerprint density at radius 1 is 1.47 bits per heavy atom. The fourth-order valence-electron chi connectivity index (χ4n) is 1.67. The van der Waals surface area contributed by atoms with E-state index < -0.39 is 10.0 Å². The van der Waals surface area contributed by atoms with E-state index in [2.05, 4.69) is 4.99 Å². The second-order valence-corrected chi connectivity index (χ2v) is 5.25.